The monoisotopic (exact) mass is 1970 g/mol. The molecule has 1 saturated carbocycles. The normalized spacial score (nSPS) is 12.2. The highest BCUT2D eigenvalue weighted by atomic mass is 32.1. The van der Waals surface area contributed by atoms with Gasteiger partial charge in [0.2, 0.25) is 0 Å². The third-order valence-electron chi connectivity index (χ3n) is 22.8. The number of aromatic amines is 5. The van der Waals surface area contributed by atoms with Crippen LogP contribution in [0.2, 0.25) is 0 Å². The van der Waals surface area contributed by atoms with E-state index in [9.17, 15) is 43.8 Å². The Morgan fingerprint density at radius 3 is 0.931 bits per heavy atom. The topological polar surface area (TPSA) is 475 Å². The van der Waals surface area contributed by atoms with Crippen LogP contribution in [0.1, 0.15) is 187 Å². The number of aliphatic hydroxyl groups is 2. The van der Waals surface area contributed by atoms with Crippen molar-refractivity contribution in [3.63, 3.8) is 0 Å². The molecule has 36 heteroatoms. The van der Waals surface area contributed by atoms with Crippen LogP contribution in [0.4, 0.5) is 0 Å². The number of ketones is 2. The average Bonchev–Trinajstić information content (AvgIpc) is 1.64. The lowest BCUT2D eigenvalue weighted by atomic mass is 10.0. The van der Waals surface area contributed by atoms with Gasteiger partial charge in [0.05, 0.1) is 245 Å². The summed E-state index contributed by atoms with van der Waals surface area (Å²) in [5.41, 5.74) is 13.5. The smallest absolute Gasteiger partial charge is 0.255 e. The Morgan fingerprint density at radius 2 is 0.667 bits per heavy atom. The van der Waals surface area contributed by atoms with Gasteiger partial charge in [0.25, 0.3) is 29.5 Å². The molecule has 1 aliphatic carbocycles. The molecule has 20 rings (SSSR count). The van der Waals surface area contributed by atoms with Gasteiger partial charge in [-0.2, -0.15) is 25.5 Å². The number of carbonyl (C=O) groups is 7. The third kappa shape index (κ3) is 23.8. The van der Waals surface area contributed by atoms with E-state index < -0.39 is 12.1 Å². The van der Waals surface area contributed by atoms with Gasteiger partial charge in [-0.15, -0.1) is 22.7 Å². The summed E-state index contributed by atoms with van der Waals surface area (Å²) in [6, 6.07) is 55.2. The van der Waals surface area contributed by atoms with Crippen molar-refractivity contribution >= 4 is 179 Å². The van der Waals surface area contributed by atoms with Crippen molar-refractivity contribution in [1.82, 2.24) is 77.6 Å². The number of hydrogen-bond acceptors (Lipinski definition) is 26. The van der Waals surface area contributed by atoms with Gasteiger partial charge in [0.15, 0.2) is 11.6 Å². The standard InChI is InChI=1S/C25H23N3O4S.C23H21N3O4.C22H19N3O4S.C20H17N3O4.C18H17N3O3/c1-15(30)22-13-9-17(33-22)8-11-19-23-20(28-27-19)12-10-18(24(23)32-2)25(31)26-21(14-29)16-6-4-3-5-7-16;1-29-22-17(23(28)24-20(13-27)16-5-3-2-4-6-16)8-10-19-21(22)18(25-26-19)9-7-15-11-12-30-14-15;1-13(26)19-10-6-15(30-19)5-8-17-20-18(25-24-17)9-7-16(21(20)28-2)22(27)23-12-14-4-3-11-29-14;1-25-19-15(20(24)21-11-14-3-2-9-27-14)5-7-17-18(19)16(22-23-17)6-4-13-8-10-26-12-13;1-23-17-13(18(22)19-12-3-4-12)5-7-15-16(17)14(20-21-15)6-2-11-8-9-24-10-11/h3-13,21,29H,14H2,1-2H3,(H,26,31)(H,27,28);2-12,14,20,27H,13H2,1H3,(H,24,28)(H,25,26);3-11H,12H2,1-2H3,(H,23,27)(H,24,25);2-10,12H,11H2,1H3,(H,21,24)(H,22,23);2,5-10,12H,3-4H2,1H3,(H,19,22)(H,20,21)/b11-8+;9-7+;8-5+;6-4+;6-2+/t21-;20-;;;/m11.../s1. The number of amides is 5. The third-order valence-corrected chi connectivity index (χ3v) is 25.1. The highest BCUT2D eigenvalue weighted by Gasteiger charge is 2.30. The minimum absolute atomic E-state index is 0.0284. The number of furan rings is 5. The number of aliphatic hydroxyl groups excluding tert-OH is 2. The Hall–Kier alpha value is -18.0. The number of nitrogens with one attached hydrogen (secondary N) is 10. The van der Waals surface area contributed by atoms with E-state index in [2.05, 4.69) is 77.6 Å². The van der Waals surface area contributed by atoms with Crippen molar-refractivity contribution in [3.05, 3.63) is 353 Å². The zero-order chi connectivity index (χ0) is 101. The van der Waals surface area contributed by atoms with Crippen LogP contribution in [0.15, 0.2) is 260 Å². The molecule has 0 spiro atoms. The maximum Gasteiger partial charge on any atom is 0.255 e. The van der Waals surface area contributed by atoms with E-state index in [0.717, 1.165) is 78.1 Å². The number of fused-ring (bicyclic) bond motifs is 5. The lowest BCUT2D eigenvalue weighted by Gasteiger charge is -2.18. The zero-order valence-corrected chi connectivity index (χ0v) is 80.3. The van der Waals surface area contributed by atoms with Gasteiger partial charge in [-0.3, -0.25) is 59.1 Å². The SMILES string of the molecule is COc1c(C(=O)NC2CC2)ccc2n[nH]c(/C=C/c3ccoc3)c12.COc1c(C(=O)NCc2ccco2)ccc2n[nH]c(/C=C/c3ccc(C(C)=O)s3)c12.COc1c(C(=O)NCc2ccco2)ccc2n[nH]c(/C=C/c3ccoc3)c12.COc1c(C(=O)N[C@H](CO)c2ccccc2)ccc2n[nH]c(/C=C/c3ccc(C(C)=O)s3)c12.COc1c(C(=O)N[C@H](CO)c2ccccc2)ccc2n[nH]c(/C=C/c3ccoc3)c12. The van der Waals surface area contributed by atoms with Crippen molar-refractivity contribution in [2.24, 2.45) is 0 Å². The highest BCUT2D eigenvalue weighted by molar-refractivity contribution is 7.15. The fraction of sp³-hybridized carbons (Fsp3) is 0.148. The number of methoxy groups -OCH3 is 5. The second-order valence-corrected chi connectivity index (χ2v) is 34.5. The lowest BCUT2D eigenvalue weighted by Crippen LogP contribution is -2.31. The minimum Gasteiger partial charge on any atom is -0.495 e. The summed E-state index contributed by atoms with van der Waals surface area (Å²) < 4.78 is 53.6. The van der Waals surface area contributed by atoms with Crippen LogP contribution in [0, 0.1) is 0 Å². The molecule has 7 aromatic carbocycles. The number of H-pyrrole nitrogens is 5. The maximum atomic E-state index is 13.1. The van der Waals surface area contributed by atoms with Crippen LogP contribution in [-0.2, 0) is 13.1 Å². The molecule has 34 nitrogen and oxygen atoms in total. The van der Waals surface area contributed by atoms with Crippen molar-refractivity contribution in [2.45, 2.75) is 57.9 Å². The molecule has 0 aliphatic heterocycles. The molecule has 144 heavy (non-hydrogen) atoms. The van der Waals surface area contributed by atoms with E-state index in [0.29, 0.717) is 146 Å². The second-order valence-electron chi connectivity index (χ2n) is 32.3. The van der Waals surface area contributed by atoms with E-state index in [-0.39, 0.29) is 60.9 Å². The quantitative estimate of drug-likeness (QED) is 0.0170. The average molecular weight is 1970 g/mol. The Morgan fingerprint density at radius 1 is 0.361 bits per heavy atom. The van der Waals surface area contributed by atoms with Crippen LogP contribution >= 0.6 is 22.7 Å². The van der Waals surface area contributed by atoms with Gasteiger partial charge < -0.3 is 82.6 Å². The summed E-state index contributed by atoms with van der Waals surface area (Å²) in [7, 11) is 7.65. The first-order valence-corrected chi connectivity index (χ1v) is 46.7. The van der Waals surface area contributed by atoms with Crippen LogP contribution in [0.25, 0.3) is 115 Å². The molecule has 0 radical (unpaired) electrons. The van der Waals surface area contributed by atoms with Crippen LogP contribution in [0.5, 0.6) is 28.7 Å². The number of carbonyl (C=O) groups excluding carboxylic acids is 7. The maximum absolute atomic E-state index is 13.1. The van der Waals surface area contributed by atoms with Gasteiger partial charge in [0.1, 0.15) is 40.3 Å². The van der Waals surface area contributed by atoms with Crippen molar-refractivity contribution < 1.29 is 89.5 Å². The van der Waals surface area contributed by atoms with E-state index in [1.165, 1.54) is 58.0 Å². The molecular formula is C108H97N15O19S2. The minimum atomic E-state index is -0.544. The molecule has 12 N–H and O–H groups in total. The Bertz CT molecular complexity index is 7830. The van der Waals surface area contributed by atoms with Crippen LogP contribution in [-0.4, -0.2) is 157 Å². The second kappa shape index (κ2) is 47.1. The van der Waals surface area contributed by atoms with Gasteiger partial charge >= 0.3 is 0 Å². The predicted molar refractivity (Wildman–Crippen MR) is 550 cm³/mol. The Kier molecular flexibility index (Phi) is 32.4. The first-order valence-electron chi connectivity index (χ1n) is 45.1. The van der Waals surface area contributed by atoms with Crippen molar-refractivity contribution in [3.8, 4) is 28.7 Å². The number of rotatable bonds is 33. The van der Waals surface area contributed by atoms with E-state index in [4.69, 9.17) is 45.8 Å². The lowest BCUT2D eigenvalue weighted by molar-refractivity contribution is 0.0906. The van der Waals surface area contributed by atoms with Gasteiger partial charge in [-0.1, -0.05) is 60.7 Å². The van der Waals surface area contributed by atoms with Crippen LogP contribution in [0.3, 0.4) is 0 Å². The highest BCUT2D eigenvalue weighted by Crippen LogP contribution is 2.40. The van der Waals surface area contributed by atoms with E-state index in [1.54, 1.807) is 155 Å². The molecule has 0 unspecified atom stereocenters. The number of Topliss-reactive ketones (excluding diaryl/α,β-unsaturated/α-hetero) is 2. The van der Waals surface area contributed by atoms with E-state index >= 15 is 0 Å². The summed E-state index contributed by atoms with van der Waals surface area (Å²) in [6.07, 6.45) is 33.7. The summed E-state index contributed by atoms with van der Waals surface area (Å²) in [5, 5.41) is 74.0. The zero-order valence-electron chi connectivity index (χ0n) is 78.7. The largest absolute Gasteiger partial charge is 0.495 e. The first kappa shape index (κ1) is 99.0. The van der Waals surface area contributed by atoms with Gasteiger partial charge in [-0.05, 0) is 226 Å². The number of aromatic nitrogens is 10. The van der Waals surface area contributed by atoms with Crippen molar-refractivity contribution in [1.29, 1.82) is 0 Å². The molecule has 5 amide bonds. The fourth-order valence-corrected chi connectivity index (χ4v) is 17.1. The van der Waals surface area contributed by atoms with Gasteiger partial charge in [-0.25, -0.2) is 0 Å². The summed E-state index contributed by atoms with van der Waals surface area (Å²) in [4.78, 5) is 90.2. The Balaban J connectivity index is 0.000000130. The summed E-state index contributed by atoms with van der Waals surface area (Å²) in [6.45, 7) is 3.21. The molecule has 12 aromatic heterocycles. The van der Waals surface area contributed by atoms with Gasteiger partial charge in [0, 0.05) is 32.5 Å². The molecule has 12 heterocycles. The number of ether oxygens (including phenoxy) is 5. The van der Waals surface area contributed by atoms with Crippen molar-refractivity contribution in [2.75, 3.05) is 48.8 Å². The number of thiophene rings is 2. The first-order chi connectivity index (χ1) is 70.3. The summed E-state index contributed by atoms with van der Waals surface area (Å²) in [5.74, 6) is 2.30. The molecule has 1 fully saturated rings. The van der Waals surface area contributed by atoms with Crippen LogP contribution < -0.4 is 50.3 Å². The number of hydrogen-bond donors (Lipinski definition) is 12. The summed E-state index contributed by atoms with van der Waals surface area (Å²) >= 11 is 2.82. The molecular weight excluding hydrogens is 1880 g/mol. The molecule has 730 valence electrons. The molecule has 2 atom stereocenters. The van der Waals surface area contributed by atoms with E-state index in [1.807, 2.05) is 158 Å². The molecule has 1 aliphatic rings. The predicted octanol–water partition coefficient (Wildman–Crippen LogP) is 19.9. The molecule has 19 aromatic rings. The molecule has 0 bridgehead atoms. The fourth-order valence-electron chi connectivity index (χ4n) is 15.5. The molecule has 0 saturated heterocycles. The Labute approximate surface area is 829 Å². The number of nitrogens with zero attached hydrogens (tertiary/aromatic N) is 5. The number of benzene rings is 7.